The van der Waals surface area contributed by atoms with Gasteiger partial charge in [0.15, 0.2) is 0 Å². The first-order valence-electron chi connectivity index (χ1n) is 6.88. The molecule has 0 atom stereocenters. The highest BCUT2D eigenvalue weighted by atomic mass is 19.1. The van der Waals surface area contributed by atoms with Gasteiger partial charge < -0.3 is 0 Å². The lowest BCUT2D eigenvalue weighted by atomic mass is 9.78. The number of nitrogens with zero attached hydrogens (tertiary/aromatic N) is 1. The third-order valence-electron chi connectivity index (χ3n) is 4.17. The number of rotatable bonds is 3. The maximum Gasteiger partial charge on any atom is 0.144 e. The van der Waals surface area contributed by atoms with Gasteiger partial charge in [-0.25, -0.2) is 4.39 Å². The summed E-state index contributed by atoms with van der Waals surface area (Å²) >= 11 is 0. The van der Waals surface area contributed by atoms with E-state index >= 15 is 0 Å². The molecule has 0 aromatic carbocycles. The van der Waals surface area contributed by atoms with E-state index in [-0.39, 0.29) is 5.82 Å². The van der Waals surface area contributed by atoms with Crippen LogP contribution in [0.1, 0.15) is 63.1 Å². The predicted octanol–water partition coefficient (Wildman–Crippen LogP) is 4.47. The normalized spacial score (nSPS) is 24.9. The van der Waals surface area contributed by atoms with Crippen molar-refractivity contribution in [3.05, 3.63) is 29.3 Å². The average molecular weight is 235 g/mol. The Labute approximate surface area is 103 Å². The molecule has 1 aliphatic carbocycles. The topological polar surface area (TPSA) is 12.9 Å². The van der Waals surface area contributed by atoms with Gasteiger partial charge in [-0.05, 0) is 55.6 Å². The quantitative estimate of drug-likeness (QED) is 0.753. The van der Waals surface area contributed by atoms with Gasteiger partial charge in [0.2, 0.25) is 0 Å². The summed E-state index contributed by atoms with van der Waals surface area (Å²) in [5.74, 6) is 1.18. The summed E-state index contributed by atoms with van der Waals surface area (Å²) < 4.78 is 13.8. The zero-order chi connectivity index (χ0) is 12.3. The maximum absolute atomic E-state index is 13.8. The Balaban J connectivity index is 2.12. The van der Waals surface area contributed by atoms with Crippen molar-refractivity contribution in [2.24, 2.45) is 5.92 Å². The number of aryl methyl sites for hydroxylation is 1. The van der Waals surface area contributed by atoms with E-state index in [0.717, 1.165) is 36.4 Å². The van der Waals surface area contributed by atoms with E-state index in [1.54, 1.807) is 0 Å². The molecule has 2 rings (SSSR count). The van der Waals surface area contributed by atoms with E-state index < -0.39 is 0 Å². The summed E-state index contributed by atoms with van der Waals surface area (Å²) in [6.45, 7) is 4.32. The number of hydrogen-bond acceptors (Lipinski definition) is 1. The van der Waals surface area contributed by atoms with Crippen molar-refractivity contribution in [1.29, 1.82) is 0 Å². The number of pyridine rings is 1. The highest BCUT2D eigenvalue weighted by Crippen LogP contribution is 2.37. The molecule has 0 bridgehead atoms. The van der Waals surface area contributed by atoms with E-state index in [1.165, 1.54) is 25.5 Å². The van der Waals surface area contributed by atoms with Gasteiger partial charge in [0, 0.05) is 5.69 Å². The van der Waals surface area contributed by atoms with Crippen molar-refractivity contribution < 1.29 is 4.39 Å². The van der Waals surface area contributed by atoms with Crippen molar-refractivity contribution in [1.82, 2.24) is 4.98 Å². The van der Waals surface area contributed by atoms with E-state index in [1.807, 2.05) is 6.07 Å². The molecule has 0 radical (unpaired) electrons. The van der Waals surface area contributed by atoms with Crippen molar-refractivity contribution in [3.63, 3.8) is 0 Å². The SMILES string of the molecule is CCc1cc(C2CCC(CC)CC2)c(F)cn1. The van der Waals surface area contributed by atoms with Crippen LogP contribution >= 0.6 is 0 Å². The van der Waals surface area contributed by atoms with E-state index in [0.29, 0.717) is 5.92 Å². The van der Waals surface area contributed by atoms with Crippen LogP contribution < -0.4 is 0 Å². The van der Waals surface area contributed by atoms with E-state index in [2.05, 4.69) is 18.8 Å². The first-order chi connectivity index (χ1) is 8.24. The van der Waals surface area contributed by atoms with Crippen LogP contribution in [0, 0.1) is 11.7 Å². The molecule has 0 saturated heterocycles. The van der Waals surface area contributed by atoms with Crippen LogP contribution in [-0.4, -0.2) is 4.98 Å². The Morgan fingerprint density at radius 3 is 2.53 bits per heavy atom. The Morgan fingerprint density at radius 1 is 1.24 bits per heavy atom. The van der Waals surface area contributed by atoms with Gasteiger partial charge in [0.1, 0.15) is 5.82 Å². The monoisotopic (exact) mass is 235 g/mol. The second kappa shape index (κ2) is 5.61. The third kappa shape index (κ3) is 2.85. The van der Waals surface area contributed by atoms with Gasteiger partial charge in [-0.2, -0.15) is 0 Å². The molecule has 2 heteroatoms. The van der Waals surface area contributed by atoms with Crippen LogP contribution in [0.3, 0.4) is 0 Å². The van der Waals surface area contributed by atoms with Crippen molar-refractivity contribution in [3.8, 4) is 0 Å². The zero-order valence-corrected chi connectivity index (χ0v) is 10.9. The lowest BCUT2D eigenvalue weighted by molar-refractivity contribution is 0.314. The molecule has 1 heterocycles. The largest absolute Gasteiger partial charge is 0.258 e. The fourth-order valence-corrected chi connectivity index (χ4v) is 2.89. The zero-order valence-electron chi connectivity index (χ0n) is 10.9. The molecule has 0 amide bonds. The second-order valence-corrected chi connectivity index (χ2v) is 5.18. The molecule has 1 saturated carbocycles. The van der Waals surface area contributed by atoms with Crippen molar-refractivity contribution in [2.75, 3.05) is 0 Å². The third-order valence-corrected chi connectivity index (χ3v) is 4.17. The first kappa shape index (κ1) is 12.5. The molecule has 17 heavy (non-hydrogen) atoms. The van der Waals surface area contributed by atoms with Gasteiger partial charge in [0.05, 0.1) is 6.20 Å². The van der Waals surface area contributed by atoms with Crippen LogP contribution in [0.15, 0.2) is 12.3 Å². The highest BCUT2D eigenvalue weighted by Gasteiger charge is 2.23. The molecule has 1 fully saturated rings. The Hall–Kier alpha value is -0.920. The smallest absolute Gasteiger partial charge is 0.144 e. The summed E-state index contributed by atoms with van der Waals surface area (Å²) in [6.07, 6.45) is 8.35. The van der Waals surface area contributed by atoms with Crippen LogP contribution in [0.5, 0.6) is 0 Å². The summed E-state index contributed by atoms with van der Waals surface area (Å²) in [5, 5.41) is 0. The van der Waals surface area contributed by atoms with Gasteiger partial charge in [0.25, 0.3) is 0 Å². The van der Waals surface area contributed by atoms with Crippen LogP contribution in [-0.2, 0) is 6.42 Å². The van der Waals surface area contributed by atoms with E-state index in [4.69, 9.17) is 0 Å². The molecule has 1 aromatic rings. The minimum atomic E-state index is -0.109. The van der Waals surface area contributed by atoms with Gasteiger partial charge >= 0.3 is 0 Å². The predicted molar refractivity (Wildman–Crippen MR) is 68.6 cm³/mol. The molecule has 0 N–H and O–H groups in total. The Kier molecular flexibility index (Phi) is 4.14. The lowest BCUT2D eigenvalue weighted by Gasteiger charge is -2.28. The van der Waals surface area contributed by atoms with Crippen LogP contribution in [0.4, 0.5) is 4.39 Å². The number of hydrogen-bond donors (Lipinski definition) is 0. The number of halogens is 1. The standard InChI is InChI=1S/C15H22FN/c1-3-11-5-7-12(8-6-11)14-9-13(4-2)17-10-15(14)16/h9-12H,3-8H2,1-2H3. The molecule has 0 unspecified atom stereocenters. The Bertz CT molecular complexity index is 367. The molecular formula is C15H22FN. The van der Waals surface area contributed by atoms with Gasteiger partial charge in [-0.3, -0.25) is 4.98 Å². The molecule has 1 aliphatic rings. The summed E-state index contributed by atoms with van der Waals surface area (Å²) in [7, 11) is 0. The average Bonchev–Trinajstić information content (AvgIpc) is 2.39. The summed E-state index contributed by atoms with van der Waals surface area (Å²) in [5.41, 5.74) is 1.92. The Morgan fingerprint density at radius 2 is 1.94 bits per heavy atom. The van der Waals surface area contributed by atoms with Gasteiger partial charge in [-0.15, -0.1) is 0 Å². The van der Waals surface area contributed by atoms with Crippen molar-refractivity contribution in [2.45, 2.75) is 58.3 Å². The fourth-order valence-electron chi connectivity index (χ4n) is 2.89. The minimum absolute atomic E-state index is 0.109. The molecule has 1 nitrogen and oxygen atoms in total. The molecule has 1 aromatic heterocycles. The van der Waals surface area contributed by atoms with Crippen LogP contribution in [0.25, 0.3) is 0 Å². The first-order valence-corrected chi connectivity index (χ1v) is 6.88. The fraction of sp³-hybridized carbons (Fsp3) is 0.667. The molecule has 0 aliphatic heterocycles. The van der Waals surface area contributed by atoms with Crippen molar-refractivity contribution >= 4 is 0 Å². The molecular weight excluding hydrogens is 213 g/mol. The highest BCUT2D eigenvalue weighted by molar-refractivity contribution is 5.23. The van der Waals surface area contributed by atoms with E-state index in [9.17, 15) is 4.39 Å². The molecule has 0 spiro atoms. The summed E-state index contributed by atoms with van der Waals surface area (Å²) in [6, 6.07) is 1.98. The lowest BCUT2D eigenvalue weighted by Crippen LogP contribution is -2.14. The second-order valence-electron chi connectivity index (χ2n) is 5.18. The van der Waals surface area contributed by atoms with Gasteiger partial charge in [-0.1, -0.05) is 20.3 Å². The number of aromatic nitrogens is 1. The minimum Gasteiger partial charge on any atom is -0.258 e. The maximum atomic E-state index is 13.8. The summed E-state index contributed by atoms with van der Waals surface area (Å²) in [4.78, 5) is 4.11. The molecule has 94 valence electrons. The van der Waals surface area contributed by atoms with Crippen LogP contribution in [0.2, 0.25) is 0 Å².